The zero-order chi connectivity index (χ0) is 45.2. The minimum Gasteiger partial charge on any atom is -0.479 e. The molecule has 0 aromatic carbocycles. The van der Waals surface area contributed by atoms with Crippen LogP contribution in [0.1, 0.15) is 13.8 Å². The van der Waals surface area contributed by atoms with Gasteiger partial charge in [0.05, 0.1) is 13.2 Å². The molecule has 0 bridgehead atoms. The zero-order valence-electron chi connectivity index (χ0n) is 30.6. The van der Waals surface area contributed by atoms with Crippen molar-refractivity contribution in [3.8, 4) is 0 Å². The minimum absolute atomic E-state index is 0.548. The average molecular weight is 919 g/mol. The van der Waals surface area contributed by atoms with Crippen molar-refractivity contribution in [1.82, 2.24) is 10.6 Å². The van der Waals surface area contributed by atoms with Crippen molar-refractivity contribution in [1.29, 1.82) is 0 Å². The van der Waals surface area contributed by atoms with Gasteiger partial charge in [-0.3, -0.25) is 18.7 Å². The van der Waals surface area contributed by atoms with Crippen LogP contribution >= 0.6 is 0 Å². The molecule has 32 heteroatoms. The summed E-state index contributed by atoms with van der Waals surface area (Å²) in [4.78, 5) is 48.7. The number of rotatable bonds is 16. The highest BCUT2D eigenvalue weighted by Crippen LogP contribution is 2.36. The van der Waals surface area contributed by atoms with Crippen LogP contribution in [0.2, 0.25) is 0 Å². The predicted molar refractivity (Wildman–Crippen MR) is 177 cm³/mol. The standard InChI is InChI=1S/C28H42N2O28S2/c1-6(33)29-12-19(17(57-59(44,45)46)10(4-31)50-25(12)43)53-28-16(38)15(37)21(22(56-28)24(41)42)55-26-13(30-7(2)34)20(18(11(5-32)52-26)58-60(47,48)49)54-27-14(36)8(35)3-9(51-27)23(39)40/h3,8,10-22,25-28,31-32,35-38,43H,4-5H2,1-2H3,(H,29,33)(H,30,34)(H,39,40)(H,41,42)(H,44,45,46)(H,47,48,49)/t8-,10+,11+,12+,13+,14+,15+,16+,17-,18-,19+,20+,21+,22-,25+,26-,27-,28+/m0/s1. The molecule has 0 spiro atoms. The van der Waals surface area contributed by atoms with Crippen LogP contribution in [-0.4, -0.2) is 219 Å². The number of aliphatic hydroxyl groups excluding tert-OH is 7. The largest absolute Gasteiger partial charge is 0.479 e. The average Bonchev–Trinajstić information content (AvgIpc) is 3.12. The summed E-state index contributed by atoms with van der Waals surface area (Å²) in [6.07, 6.45) is -35.6. The normalized spacial score (nSPS) is 40.1. The first-order valence-electron chi connectivity index (χ1n) is 17.0. The Balaban J connectivity index is 1.73. The molecule has 0 aromatic heterocycles. The molecule has 0 aromatic rings. The van der Waals surface area contributed by atoms with E-state index >= 15 is 0 Å². The van der Waals surface area contributed by atoms with Crippen molar-refractivity contribution in [2.24, 2.45) is 0 Å². The molecule has 30 nitrogen and oxygen atoms in total. The lowest BCUT2D eigenvalue weighted by Gasteiger charge is -2.49. The van der Waals surface area contributed by atoms with Crippen molar-refractivity contribution in [3.05, 3.63) is 11.8 Å². The quantitative estimate of drug-likeness (QED) is 0.0639. The second-order valence-electron chi connectivity index (χ2n) is 13.3. The van der Waals surface area contributed by atoms with E-state index in [4.69, 9.17) is 33.2 Å². The number of carboxylic acids is 2. The highest BCUT2D eigenvalue weighted by atomic mass is 32.3. The molecule has 4 aliphatic heterocycles. The second kappa shape index (κ2) is 19.8. The van der Waals surface area contributed by atoms with Gasteiger partial charge in [-0.15, -0.1) is 0 Å². The van der Waals surface area contributed by atoms with Gasteiger partial charge in [-0.2, -0.15) is 16.8 Å². The van der Waals surface area contributed by atoms with Gasteiger partial charge in [-0.25, -0.2) is 18.0 Å². The van der Waals surface area contributed by atoms with Crippen molar-refractivity contribution in [3.63, 3.8) is 0 Å². The number of hydrogen-bond donors (Lipinski definition) is 13. The molecule has 3 saturated heterocycles. The Morgan fingerprint density at radius 1 is 0.650 bits per heavy atom. The summed E-state index contributed by atoms with van der Waals surface area (Å²) in [6.45, 7) is -0.683. The van der Waals surface area contributed by atoms with Gasteiger partial charge >= 0.3 is 32.7 Å². The fourth-order valence-corrected chi connectivity index (χ4v) is 7.52. The van der Waals surface area contributed by atoms with E-state index in [0.29, 0.717) is 6.08 Å². The molecule has 18 atom stereocenters. The van der Waals surface area contributed by atoms with Crippen molar-refractivity contribution in [2.75, 3.05) is 13.2 Å². The zero-order valence-corrected chi connectivity index (χ0v) is 32.2. The Hall–Kier alpha value is -3.36. The Labute approximate surface area is 336 Å². The number of carbonyl (C=O) groups excluding carboxylic acids is 2. The molecular weight excluding hydrogens is 876 g/mol. The van der Waals surface area contributed by atoms with Crippen LogP contribution in [0.4, 0.5) is 0 Å². The summed E-state index contributed by atoms with van der Waals surface area (Å²) >= 11 is 0. The van der Waals surface area contributed by atoms with Crippen LogP contribution in [0.25, 0.3) is 0 Å². The van der Waals surface area contributed by atoms with Gasteiger partial charge < -0.3 is 89.8 Å². The summed E-state index contributed by atoms with van der Waals surface area (Å²) in [6, 6.07) is -3.98. The number of ether oxygens (including phenoxy) is 7. The first-order chi connectivity index (χ1) is 27.8. The molecule has 0 saturated carbocycles. The van der Waals surface area contributed by atoms with Crippen LogP contribution in [0, 0.1) is 0 Å². The summed E-state index contributed by atoms with van der Waals surface area (Å²) in [7, 11) is -11.0. The molecule has 13 N–H and O–H groups in total. The number of amides is 2. The summed E-state index contributed by atoms with van der Waals surface area (Å²) in [5.41, 5.74) is 0. The van der Waals surface area contributed by atoms with Gasteiger partial charge in [-0.05, 0) is 6.08 Å². The van der Waals surface area contributed by atoms with Crippen molar-refractivity contribution >= 4 is 44.6 Å². The maximum Gasteiger partial charge on any atom is 0.397 e. The number of carboxylic acid groups (broad SMARTS) is 2. The Kier molecular flexibility index (Phi) is 16.3. The van der Waals surface area contributed by atoms with Crippen LogP contribution in [0.3, 0.4) is 0 Å². The number of aliphatic hydroxyl groups is 7. The summed E-state index contributed by atoms with van der Waals surface area (Å²) < 4.78 is 113. The van der Waals surface area contributed by atoms with E-state index in [0.717, 1.165) is 13.8 Å². The molecule has 0 radical (unpaired) electrons. The molecule has 344 valence electrons. The fourth-order valence-electron chi connectivity index (χ4n) is 6.49. The van der Waals surface area contributed by atoms with Crippen LogP contribution in [0.5, 0.6) is 0 Å². The monoisotopic (exact) mass is 918 g/mol. The second-order valence-corrected chi connectivity index (χ2v) is 15.3. The van der Waals surface area contributed by atoms with Gasteiger partial charge in [0, 0.05) is 13.8 Å². The molecule has 4 aliphatic rings. The molecule has 4 rings (SSSR count). The third kappa shape index (κ3) is 12.0. The molecule has 0 unspecified atom stereocenters. The Morgan fingerprint density at radius 2 is 1.13 bits per heavy atom. The first kappa shape index (κ1) is 49.3. The summed E-state index contributed by atoms with van der Waals surface area (Å²) in [5, 5.41) is 97.7. The van der Waals surface area contributed by atoms with E-state index in [1.165, 1.54) is 0 Å². The maximum absolute atomic E-state index is 12.6. The molecular formula is C28H42N2O28S2. The van der Waals surface area contributed by atoms with Crippen LogP contribution in [0.15, 0.2) is 11.8 Å². The smallest absolute Gasteiger partial charge is 0.397 e. The number of aliphatic carboxylic acids is 2. The predicted octanol–water partition coefficient (Wildman–Crippen LogP) is -8.47. The maximum atomic E-state index is 12.6. The molecule has 2 amide bonds. The summed E-state index contributed by atoms with van der Waals surface area (Å²) in [5.74, 6) is -6.83. The lowest BCUT2D eigenvalue weighted by Crippen LogP contribution is -2.70. The van der Waals surface area contributed by atoms with Gasteiger partial charge in [0.2, 0.25) is 23.9 Å². The molecule has 4 heterocycles. The third-order valence-electron chi connectivity index (χ3n) is 8.94. The Bertz CT molecular complexity index is 1820. The van der Waals surface area contributed by atoms with Crippen molar-refractivity contribution < 1.29 is 133 Å². The third-order valence-corrected chi connectivity index (χ3v) is 9.87. The van der Waals surface area contributed by atoms with Crippen LogP contribution < -0.4 is 10.6 Å². The molecule has 3 fully saturated rings. The van der Waals surface area contributed by atoms with E-state index in [-0.39, 0.29) is 0 Å². The minimum atomic E-state index is -5.56. The first-order valence-corrected chi connectivity index (χ1v) is 19.7. The highest BCUT2D eigenvalue weighted by molar-refractivity contribution is 7.81. The Morgan fingerprint density at radius 3 is 1.62 bits per heavy atom. The topological polar surface area (TPSA) is 466 Å². The number of nitrogens with one attached hydrogen (secondary N) is 2. The van der Waals surface area contributed by atoms with E-state index in [9.17, 15) is 91.1 Å². The van der Waals surface area contributed by atoms with E-state index < -0.39 is 174 Å². The SMILES string of the molecule is CC(=O)N[C@@H]1[C@@H](O[C@@H]2O[C@H](C(=O)O)[C@H](O[C@@H]3O[C@H](CO)[C@H](OS(=O)(=O)O)[C@H](O[C@@H]4OC(C(=O)O)=C[C@H](O)[C@H]4O)[C@H]3NC(C)=O)[C@H](O)[C@H]2O)[C@@H](OS(=O)(=O)O)[C@@H](CO)O[C@H]1O. The number of carbonyl (C=O) groups is 4. The van der Waals surface area contributed by atoms with E-state index in [2.05, 4.69) is 19.0 Å². The highest BCUT2D eigenvalue weighted by Gasteiger charge is 2.58. The van der Waals surface area contributed by atoms with Gasteiger partial charge in [0.25, 0.3) is 0 Å². The number of hydrogen-bond acceptors (Lipinski definition) is 24. The fraction of sp³-hybridized carbons (Fsp3) is 0.786. The lowest BCUT2D eigenvalue weighted by atomic mass is 9.94. The van der Waals surface area contributed by atoms with Gasteiger partial charge in [0.1, 0.15) is 79.2 Å². The van der Waals surface area contributed by atoms with Gasteiger partial charge in [0.15, 0.2) is 25.0 Å². The van der Waals surface area contributed by atoms with E-state index in [1.54, 1.807) is 0 Å². The lowest BCUT2D eigenvalue weighted by molar-refractivity contribution is -0.362. The van der Waals surface area contributed by atoms with E-state index in [1.807, 2.05) is 0 Å². The molecule has 60 heavy (non-hydrogen) atoms. The van der Waals surface area contributed by atoms with Gasteiger partial charge in [-0.1, -0.05) is 0 Å². The van der Waals surface area contributed by atoms with Crippen LogP contribution in [-0.2, 0) is 81.5 Å². The molecule has 0 aliphatic carbocycles. The van der Waals surface area contributed by atoms with Crippen molar-refractivity contribution in [2.45, 2.75) is 124 Å².